The summed E-state index contributed by atoms with van der Waals surface area (Å²) in [7, 11) is 1.62. The number of hydrogen-bond donors (Lipinski definition) is 0. The Morgan fingerprint density at radius 1 is 1.53 bits per heavy atom. The van der Waals surface area contributed by atoms with Gasteiger partial charge in [0.05, 0.1) is 10.7 Å². The van der Waals surface area contributed by atoms with Gasteiger partial charge >= 0.3 is 0 Å². The quantitative estimate of drug-likeness (QED) is 0.797. The average Bonchev–Trinajstić information content (AvgIpc) is 2.76. The van der Waals surface area contributed by atoms with E-state index in [1.807, 2.05) is 0 Å². The lowest BCUT2D eigenvalue weighted by atomic mass is 9.76. The van der Waals surface area contributed by atoms with E-state index in [-0.39, 0.29) is 5.78 Å². The second-order valence-corrected chi connectivity index (χ2v) is 5.66. The van der Waals surface area contributed by atoms with Crippen molar-refractivity contribution in [3.05, 3.63) is 22.6 Å². The molecule has 0 aromatic carbocycles. The van der Waals surface area contributed by atoms with Gasteiger partial charge in [-0.15, -0.1) is 0 Å². The minimum atomic E-state index is -0.688. The van der Waals surface area contributed by atoms with Gasteiger partial charge in [-0.1, -0.05) is 6.92 Å². The van der Waals surface area contributed by atoms with E-state index in [9.17, 15) is 4.79 Å². The molecule has 0 radical (unpaired) electrons. The number of halogens is 1. The Balaban J connectivity index is 2.24. The van der Waals surface area contributed by atoms with Crippen LogP contribution in [0.4, 0.5) is 0 Å². The number of carbonyl (C=O) groups is 1. The van der Waals surface area contributed by atoms with Crippen molar-refractivity contribution in [1.82, 2.24) is 0 Å². The third-order valence-corrected chi connectivity index (χ3v) is 4.33. The summed E-state index contributed by atoms with van der Waals surface area (Å²) < 4.78 is 11.5. The van der Waals surface area contributed by atoms with E-state index >= 15 is 0 Å². The van der Waals surface area contributed by atoms with Crippen LogP contribution in [0, 0.1) is 5.92 Å². The van der Waals surface area contributed by atoms with Crippen LogP contribution in [0.25, 0.3) is 0 Å². The van der Waals surface area contributed by atoms with E-state index in [2.05, 4.69) is 22.9 Å². The van der Waals surface area contributed by atoms with Gasteiger partial charge in [0, 0.05) is 7.11 Å². The molecule has 0 amide bonds. The first-order valence-electron chi connectivity index (χ1n) is 5.92. The number of ketones is 1. The van der Waals surface area contributed by atoms with Crippen LogP contribution in [0.3, 0.4) is 0 Å². The van der Waals surface area contributed by atoms with Gasteiger partial charge in [-0.25, -0.2) is 0 Å². The highest BCUT2D eigenvalue weighted by atomic mass is 79.9. The van der Waals surface area contributed by atoms with Crippen LogP contribution in [0.15, 0.2) is 21.2 Å². The van der Waals surface area contributed by atoms with Crippen LogP contribution >= 0.6 is 15.9 Å². The highest BCUT2D eigenvalue weighted by molar-refractivity contribution is 9.10. The van der Waals surface area contributed by atoms with Gasteiger partial charge in [0.2, 0.25) is 5.78 Å². The van der Waals surface area contributed by atoms with Crippen molar-refractivity contribution in [2.45, 2.75) is 38.2 Å². The lowest BCUT2D eigenvalue weighted by Crippen LogP contribution is -2.43. The summed E-state index contributed by atoms with van der Waals surface area (Å²) in [6.07, 6.45) is 5.12. The van der Waals surface area contributed by atoms with Crippen LogP contribution in [0.1, 0.15) is 43.2 Å². The lowest BCUT2D eigenvalue weighted by molar-refractivity contribution is -0.0280. The smallest absolute Gasteiger partial charge is 0.230 e. The molecule has 1 fully saturated rings. The summed E-state index contributed by atoms with van der Waals surface area (Å²) in [5.41, 5.74) is -0.688. The third-order valence-electron chi connectivity index (χ3n) is 3.71. The van der Waals surface area contributed by atoms with Crippen LogP contribution in [-0.4, -0.2) is 18.5 Å². The number of Topliss-reactive ketones (excluding diaryl/α,β-unsaturated/α-hetero) is 1. The summed E-state index contributed by atoms with van der Waals surface area (Å²) in [5.74, 6) is 1.01. The molecule has 0 atom stereocenters. The maximum Gasteiger partial charge on any atom is 0.230 e. The minimum Gasteiger partial charge on any atom is -0.460 e. The van der Waals surface area contributed by atoms with E-state index in [4.69, 9.17) is 9.15 Å². The van der Waals surface area contributed by atoms with Gasteiger partial charge in [0.15, 0.2) is 5.76 Å². The highest BCUT2D eigenvalue weighted by Gasteiger charge is 2.43. The molecular weight excluding hydrogens is 284 g/mol. The second-order valence-electron chi connectivity index (χ2n) is 4.81. The molecule has 0 unspecified atom stereocenters. The predicted octanol–water partition coefficient (Wildman–Crippen LogP) is 3.82. The first kappa shape index (κ1) is 12.8. The van der Waals surface area contributed by atoms with Crippen molar-refractivity contribution in [3.8, 4) is 0 Å². The molecule has 0 bridgehead atoms. The molecule has 3 nitrogen and oxygen atoms in total. The van der Waals surface area contributed by atoms with Gasteiger partial charge in [-0.3, -0.25) is 4.79 Å². The fourth-order valence-electron chi connectivity index (χ4n) is 2.41. The molecule has 1 aliphatic rings. The highest BCUT2D eigenvalue weighted by Crippen LogP contribution is 2.38. The zero-order valence-electron chi connectivity index (χ0n) is 10.2. The summed E-state index contributed by atoms with van der Waals surface area (Å²) in [5, 5.41) is 0. The zero-order valence-corrected chi connectivity index (χ0v) is 11.7. The Hall–Kier alpha value is -0.610. The molecule has 4 heteroatoms. The van der Waals surface area contributed by atoms with Crippen molar-refractivity contribution < 1.29 is 13.9 Å². The number of ether oxygens (including phenoxy) is 1. The van der Waals surface area contributed by atoms with E-state index in [1.165, 1.54) is 6.26 Å². The van der Waals surface area contributed by atoms with Crippen LogP contribution in [0.5, 0.6) is 0 Å². The molecule has 1 aliphatic carbocycles. The van der Waals surface area contributed by atoms with Crippen LogP contribution < -0.4 is 0 Å². The first-order valence-corrected chi connectivity index (χ1v) is 6.71. The SMILES string of the molecule is COC1(C(=O)c2occc2Br)CCC(C)CC1. The monoisotopic (exact) mass is 300 g/mol. The van der Waals surface area contributed by atoms with Gasteiger partial charge in [0.25, 0.3) is 0 Å². The van der Waals surface area contributed by atoms with Crippen LogP contribution in [-0.2, 0) is 4.74 Å². The molecular formula is C13H17BrO3. The van der Waals surface area contributed by atoms with Crippen molar-refractivity contribution >= 4 is 21.7 Å². The van der Waals surface area contributed by atoms with Crippen molar-refractivity contribution in [2.24, 2.45) is 5.92 Å². The molecule has 1 aromatic heterocycles. The van der Waals surface area contributed by atoms with E-state index in [0.29, 0.717) is 16.2 Å². The molecule has 0 spiro atoms. The number of hydrogen-bond acceptors (Lipinski definition) is 3. The molecule has 1 heterocycles. The van der Waals surface area contributed by atoms with E-state index in [0.717, 1.165) is 25.7 Å². The van der Waals surface area contributed by atoms with E-state index < -0.39 is 5.60 Å². The Bertz CT molecular complexity index is 403. The maximum absolute atomic E-state index is 12.5. The average molecular weight is 301 g/mol. The van der Waals surface area contributed by atoms with Crippen molar-refractivity contribution in [3.63, 3.8) is 0 Å². The van der Waals surface area contributed by atoms with E-state index in [1.54, 1.807) is 13.2 Å². The molecule has 1 saturated carbocycles. The fraction of sp³-hybridized carbons (Fsp3) is 0.615. The van der Waals surface area contributed by atoms with Gasteiger partial charge in [-0.05, 0) is 53.6 Å². The molecule has 1 aromatic rings. The van der Waals surface area contributed by atoms with Gasteiger partial charge in [-0.2, -0.15) is 0 Å². The topological polar surface area (TPSA) is 39.4 Å². The van der Waals surface area contributed by atoms with Gasteiger partial charge < -0.3 is 9.15 Å². The summed E-state index contributed by atoms with van der Waals surface area (Å²) >= 11 is 3.33. The number of rotatable bonds is 3. The molecule has 0 saturated heterocycles. The largest absolute Gasteiger partial charge is 0.460 e. The molecule has 2 rings (SSSR count). The standard InChI is InChI=1S/C13H17BrO3/c1-9-3-6-13(16-2,7-4-9)12(15)11-10(14)5-8-17-11/h5,8-9H,3-4,6-7H2,1-2H3. The number of carbonyl (C=O) groups excluding carboxylic acids is 1. The Morgan fingerprint density at radius 2 is 2.18 bits per heavy atom. The molecule has 0 N–H and O–H groups in total. The maximum atomic E-state index is 12.5. The predicted molar refractivity (Wildman–Crippen MR) is 68.1 cm³/mol. The number of furan rings is 1. The second kappa shape index (κ2) is 4.94. The minimum absolute atomic E-state index is 0.0382. The van der Waals surface area contributed by atoms with Gasteiger partial charge in [0.1, 0.15) is 5.60 Å². The Kier molecular flexibility index (Phi) is 3.73. The normalized spacial score (nSPS) is 29.2. The summed E-state index contributed by atoms with van der Waals surface area (Å²) in [6, 6.07) is 1.74. The third kappa shape index (κ3) is 2.33. The summed E-state index contributed by atoms with van der Waals surface area (Å²) in [4.78, 5) is 12.5. The Morgan fingerprint density at radius 3 is 2.65 bits per heavy atom. The Labute approximate surface area is 110 Å². The molecule has 94 valence electrons. The number of methoxy groups -OCH3 is 1. The van der Waals surface area contributed by atoms with Crippen molar-refractivity contribution in [1.29, 1.82) is 0 Å². The first-order chi connectivity index (χ1) is 8.09. The van der Waals surface area contributed by atoms with Crippen molar-refractivity contribution in [2.75, 3.05) is 7.11 Å². The molecule has 0 aliphatic heterocycles. The summed E-state index contributed by atoms with van der Waals surface area (Å²) in [6.45, 7) is 2.22. The molecule has 17 heavy (non-hydrogen) atoms. The fourth-order valence-corrected chi connectivity index (χ4v) is 2.80. The lowest BCUT2D eigenvalue weighted by Gasteiger charge is -2.36. The van der Waals surface area contributed by atoms with Crippen LogP contribution in [0.2, 0.25) is 0 Å². The zero-order chi connectivity index (χ0) is 12.5.